The highest BCUT2D eigenvalue weighted by atomic mass is 35.5. The third-order valence-corrected chi connectivity index (χ3v) is 5.55. The van der Waals surface area contributed by atoms with Crippen molar-refractivity contribution in [2.45, 2.75) is 18.9 Å². The number of H-pyrrole nitrogens is 1. The Labute approximate surface area is 198 Å². The van der Waals surface area contributed by atoms with Gasteiger partial charge < -0.3 is 27.1 Å². The average molecular weight is 496 g/mol. The molecule has 0 saturated carbocycles. The van der Waals surface area contributed by atoms with Crippen molar-refractivity contribution in [2.75, 3.05) is 25.9 Å². The minimum Gasteiger partial charge on any atom is -0.372 e. The van der Waals surface area contributed by atoms with Crippen LogP contribution in [0.4, 0.5) is 0 Å². The summed E-state index contributed by atoms with van der Waals surface area (Å²) in [4.78, 5) is 19.9. The molecule has 0 saturated heterocycles. The third-order valence-electron chi connectivity index (χ3n) is 4.57. The van der Waals surface area contributed by atoms with Crippen LogP contribution in [-0.4, -0.2) is 57.2 Å². The lowest BCUT2D eigenvalue weighted by atomic mass is 10.1. The Bertz CT molecular complexity index is 1080. The number of carbonyl (C=O) groups is 1. The summed E-state index contributed by atoms with van der Waals surface area (Å²) in [5.41, 5.74) is 13.8. The molecule has 0 radical (unpaired) electrons. The summed E-state index contributed by atoms with van der Waals surface area (Å²) in [6.07, 6.45) is 2.05. The first-order chi connectivity index (χ1) is 15.5. The smallest absolute Gasteiger partial charge is 0.242 e. The number of halogens is 1. The van der Waals surface area contributed by atoms with Gasteiger partial charge in [0.05, 0.1) is 17.6 Å². The second-order valence-electron chi connectivity index (χ2n) is 7.37. The third kappa shape index (κ3) is 9.56. The van der Waals surface area contributed by atoms with Crippen LogP contribution in [0, 0.1) is 0 Å². The number of hydrogen-bond acceptors (Lipinski definition) is 5. The summed E-state index contributed by atoms with van der Waals surface area (Å²) >= 11 is 5.95. The zero-order valence-corrected chi connectivity index (χ0v) is 20.0. The number of sulfonamides is 1. The number of amides is 1. The minimum absolute atomic E-state index is 0.0127. The number of guanidine groups is 1. The number of nitrogens with two attached hydrogens (primary N) is 2. The van der Waals surface area contributed by atoms with Gasteiger partial charge in [0, 0.05) is 30.4 Å². The minimum atomic E-state index is -3.33. The molecule has 180 valence electrons. The normalized spacial score (nSPS) is 12.1. The fourth-order valence-electron chi connectivity index (χ4n) is 2.97. The number of rotatable bonds is 13. The second-order valence-corrected chi connectivity index (χ2v) is 9.64. The van der Waals surface area contributed by atoms with Crippen LogP contribution < -0.4 is 26.8 Å². The molecule has 10 nitrogen and oxygen atoms in total. The predicted molar refractivity (Wildman–Crippen MR) is 133 cm³/mol. The number of carbonyl (C=O) groups excluding carboxylic acids is 1. The number of hydrogen-bond donors (Lipinski definition) is 6. The van der Waals surface area contributed by atoms with Gasteiger partial charge in [-0.05, 0) is 42.7 Å². The standard InChI is InChI=1S/C21H30ClN7O3S/c1-14(17-9-10-18(29-17)15-5-7-16(22)8-6-15)28-19(4-3-11-26-21(23)24)20(30)25-12-13-27-33(2,31)32/h5-10,19,27-29H,1,3-4,11-13H2,2H3,(H,25,30)(H4,23,24,26)/t19-/m0/s1. The Morgan fingerprint density at radius 1 is 1.18 bits per heavy atom. The highest BCUT2D eigenvalue weighted by Crippen LogP contribution is 2.22. The van der Waals surface area contributed by atoms with Gasteiger partial charge in [-0.25, -0.2) is 13.1 Å². The van der Waals surface area contributed by atoms with Crippen LogP contribution in [0.15, 0.2) is 48.0 Å². The summed E-state index contributed by atoms with van der Waals surface area (Å²) in [7, 11) is -3.33. The molecule has 0 bridgehead atoms. The van der Waals surface area contributed by atoms with Gasteiger partial charge >= 0.3 is 0 Å². The maximum Gasteiger partial charge on any atom is 0.242 e. The fourth-order valence-corrected chi connectivity index (χ4v) is 3.57. The Balaban J connectivity index is 2.02. The van der Waals surface area contributed by atoms with E-state index in [0.29, 0.717) is 30.1 Å². The van der Waals surface area contributed by atoms with E-state index in [0.717, 1.165) is 23.2 Å². The van der Waals surface area contributed by atoms with Crippen LogP contribution in [0.25, 0.3) is 17.0 Å². The average Bonchev–Trinajstić information content (AvgIpc) is 3.23. The van der Waals surface area contributed by atoms with Gasteiger partial charge in [0.1, 0.15) is 6.04 Å². The summed E-state index contributed by atoms with van der Waals surface area (Å²) < 4.78 is 24.7. The highest BCUT2D eigenvalue weighted by Gasteiger charge is 2.19. The zero-order valence-electron chi connectivity index (χ0n) is 18.4. The molecule has 33 heavy (non-hydrogen) atoms. The van der Waals surface area contributed by atoms with Crippen molar-refractivity contribution < 1.29 is 13.2 Å². The molecule has 0 aliphatic carbocycles. The number of aromatic nitrogens is 1. The Morgan fingerprint density at radius 2 is 1.88 bits per heavy atom. The summed E-state index contributed by atoms with van der Waals surface area (Å²) in [6, 6.07) is 10.6. The van der Waals surface area contributed by atoms with Gasteiger partial charge in [0.25, 0.3) is 0 Å². The van der Waals surface area contributed by atoms with E-state index in [1.807, 2.05) is 24.3 Å². The van der Waals surface area contributed by atoms with E-state index in [1.54, 1.807) is 12.1 Å². The Morgan fingerprint density at radius 3 is 2.52 bits per heavy atom. The molecule has 12 heteroatoms. The van der Waals surface area contributed by atoms with E-state index < -0.39 is 16.1 Å². The van der Waals surface area contributed by atoms with Crippen molar-refractivity contribution in [3.8, 4) is 11.3 Å². The molecule has 1 heterocycles. The zero-order chi connectivity index (χ0) is 24.4. The molecule has 0 aliphatic rings. The highest BCUT2D eigenvalue weighted by molar-refractivity contribution is 7.88. The van der Waals surface area contributed by atoms with Crippen LogP contribution in [-0.2, 0) is 14.8 Å². The van der Waals surface area contributed by atoms with Crippen molar-refractivity contribution in [2.24, 2.45) is 16.5 Å². The maximum absolute atomic E-state index is 12.7. The van der Waals surface area contributed by atoms with Gasteiger partial charge in [-0.15, -0.1) is 0 Å². The molecule has 1 aromatic carbocycles. The lowest BCUT2D eigenvalue weighted by Crippen LogP contribution is -2.45. The molecule has 0 unspecified atom stereocenters. The van der Waals surface area contributed by atoms with E-state index in [9.17, 15) is 13.2 Å². The molecular weight excluding hydrogens is 466 g/mol. The molecule has 2 rings (SSSR count). The van der Waals surface area contributed by atoms with E-state index >= 15 is 0 Å². The summed E-state index contributed by atoms with van der Waals surface area (Å²) in [5.74, 6) is -0.304. The van der Waals surface area contributed by atoms with Crippen LogP contribution in [0.5, 0.6) is 0 Å². The lowest BCUT2D eigenvalue weighted by Gasteiger charge is -2.20. The molecule has 1 atom stereocenters. The van der Waals surface area contributed by atoms with E-state index in [-0.39, 0.29) is 25.0 Å². The largest absolute Gasteiger partial charge is 0.372 e. The molecule has 0 fully saturated rings. The van der Waals surface area contributed by atoms with Gasteiger partial charge in [-0.2, -0.15) is 0 Å². The number of nitrogens with zero attached hydrogens (tertiary/aromatic N) is 1. The quantitative estimate of drug-likeness (QED) is 0.137. The molecule has 1 amide bonds. The predicted octanol–water partition coefficient (Wildman–Crippen LogP) is 0.983. The monoisotopic (exact) mass is 495 g/mol. The van der Waals surface area contributed by atoms with Crippen LogP contribution in [0.2, 0.25) is 5.02 Å². The first kappa shape index (κ1) is 26.2. The van der Waals surface area contributed by atoms with E-state index in [2.05, 4.69) is 31.9 Å². The molecule has 1 aromatic heterocycles. The van der Waals surface area contributed by atoms with Crippen molar-refractivity contribution in [3.05, 3.63) is 53.7 Å². The van der Waals surface area contributed by atoms with Gasteiger partial charge in [0.15, 0.2) is 5.96 Å². The van der Waals surface area contributed by atoms with Crippen molar-refractivity contribution in [1.29, 1.82) is 0 Å². The summed E-state index contributed by atoms with van der Waals surface area (Å²) in [6.45, 7) is 4.66. The van der Waals surface area contributed by atoms with E-state index in [4.69, 9.17) is 23.1 Å². The molecular formula is C21H30ClN7O3S. The summed E-state index contributed by atoms with van der Waals surface area (Å²) in [5, 5.41) is 6.52. The number of benzene rings is 1. The van der Waals surface area contributed by atoms with Crippen LogP contribution >= 0.6 is 11.6 Å². The van der Waals surface area contributed by atoms with Crippen molar-refractivity contribution in [1.82, 2.24) is 20.3 Å². The Kier molecular flexibility index (Phi) is 9.76. The van der Waals surface area contributed by atoms with E-state index in [1.165, 1.54) is 0 Å². The lowest BCUT2D eigenvalue weighted by molar-refractivity contribution is -0.122. The van der Waals surface area contributed by atoms with Crippen molar-refractivity contribution >= 4 is 39.2 Å². The number of aromatic amines is 1. The van der Waals surface area contributed by atoms with Crippen molar-refractivity contribution in [3.63, 3.8) is 0 Å². The molecule has 0 spiro atoms. The fraction of sp³-hybridized carbons (Fsp3) is 0.333. The van der Waals surface area contributed by atoms with Crippen LogP contribution in [0.1, 0.15) is 18.5 Å². The number of aliphatic imine (C=N–C) groups is 1. The van der Waals surface area contributed by atoms with Gasteiger partial charge in [-0.1, -0.05) is 30.3 Å². The van der Waals surface area contributed by atoms with Crippen LogP contribution in [0.3, 0.4) is 0 Å². The molecule has 8 N–H and O–H groups in total. The maximum atomic E-state index is 12.7. The van der Waals surface area contributed by atoms with Gasteiger partial charge in [0.2, 0.25) is 15.9 Å². The van der Waals surface area contributed by atoms with Gasteiger partial charge in [-0.3, -0.25) is 9.79 Å². The second kappa shape index (κ2) is 12.3. The molecule has 2 aromatic rings. The topological polar surface area (TPSA) is 167 Å². The first-order valence-electron chi connectivity index (χ1n) is 10.2. The first-order valence-corrected chi connectivity index (χ1v) is 12.5. The SMILES string of the molecule is C=C(N[C@@H](CCCN=C(N)N)C(=O)NCCNS(C)(=O)=O)c1ccc(-c2ccc(Cl)cc2)[nH]1. The number of nitrogens with one attached hydrogen (secondary N) is 4. The Hall–Kier alpha value is -3.02. The molecule has 0 aliphatic heterocycles.